The second-order valence-corrected chi connectivity index (χ2v) is 12.0. The highest BCUT2D eigenvalue weighted by atomic mass is 32.2. The molecule has 2 amide bonds. The molecule has 0 radical (unpaired) electrons. The van der Waals surface area contributed by atoms with Gasteiger partial charge in [-0.05, 0) is 76.2 Å². The maximum Gasteiger partial charge on any atom is 0.338 e. The third-order valence-electron chi connectivity index (χ3n) is 5.15. The lowest BCUT2D eigenvalue weighted by molar-refractivity contribution is -0.115. The molecule has 0 bridgehead atoms. The van der Waals surface area contributed by atoms with Crippen molar-refractivity contribution in [1.82, 2.24) is 0 Å². The van der Waals surface area contributed by atoms with Crippen LogP contribution in [0.3, 0.4) is 0 Å². The van der Waals surface area contributed by atoms with Crippen LogP contribution in [0, 0.1) is 0 Å². The van der Waals surface area contributed by atoms with Gasteiger partial charge in [-0.1, -0.05) is 48.0 Å². The zero-order valence-electron chi connectivity index (χ0n) is 20.8. The number of carbonyl (C=O) groups is 4. The number of rotatable bonds is 6. The largest absolute Gasteiger partial charge is 0.459 e. The highest BCUT2D eigenvalue weighted by molar-refractivity contribution is 8.30. The predicted molar refractivity (Wildman–Crippen MR) is 156 cm³/mol. The number of esters is 2. The summed E-state index contributed by atoms with van der Waals surface area (Å²) in [6.07, 6.45) is -0.515. The van der Waals surface area contributed by atoms with Gasteiger partial charge in [0.1, 0.15) is 0 Å². The first kappa shape index (κ1) is 28.0. The summed E-state index contributed by atoms with van der Waals surface area (Å²) >= 11 is 12.9. The molecule has 2 aliphatic rings. The van der Waals surface area contributed by atoms with Crippen molar-refractivity contribution in [3.63, 3.8) is 0 Å². The number of hydrogen-bond donors (Lipinski definition) is 0. The van der Waals surface area contributed by atoms with E-state index in [2.05, 4.69) is 0 Å². The summed E-state index contributed by atoms with van der Waals surface area (Å²) in [6.45, 7) is 7.03. The molecule has 2 aromatic rings. The lowest BCUT2D eigenvalue weighted by Gasteiger charge is -2.16. The molecule has 4 rings (SSSR count). The van der Waals surface area contributed by atoms with Crippen LogP contribution in [0.2, 0.25) is 0 Å². The number of ether oxygens (including phenoxy) is 2. The maximum atomic E-state index is 13.4. The van der Waals surface area contributed by atoms with Crippen LogP contribution in [0.25, 0.3) is 0 Å². The van der Waals surface area contributed by atoms with E-state index in [0.717, 1.165) is 23.5 Å². The Kier molecular flexibility index (Phi) is 8.36. The van der Waals surface area contributed by atoms with E-state index in [-0.39, 0.29) is 30.7 Å². The van der Waals surface area contributed by atoms with Crippen molar-refractivity contribution < 1.29 is 28.7 Å². The Balaban J connectivity index is 1.55. The smallest absolute Gasteiger partial charge is 0.338 e. The fraction of sp³-hybridized carbons (Fsp3) is 0.231. The van der Waals surface area contributed by atoms with Gasteiger partial charge in [-0.15, -0.1) is 0 Å². The number of carbonyl (C=O) groups excluding carboxylic acids is 4. The molecule has 12 heteroatoms. The second kappa shape index (κ2) is 11.4. The molecule has 0 aliphatic carbocycles. The van der Waals surface area contributed by atoms with E-state index >= 15 is 0 Å². The molecular formula is C26H22N2O6S4. The first-order valence-corrected chi connectivity index (χ1v) is 13.9. The Bertz CT molecular complexity index is 1280. The van der Waals surface area contributed by atoms with Crippen molar-refractivity contribution >= 4 is 91.7 Å². The van der Waals surface area contributed by atoms with Gasteiger partial charge in [0.25, 0.3) is 11.8 Å². The van der Waals surface area contributed by atoms with Crippen LogP contribution in [0.15, 0.2) is 58.3 Å². The first-order valence-electron chi connectivity index (χ1n) is 11.5. The highest BCUT2D eigenvalue weighted by Crippen LogP contribution is 2.44. The summed E-state index contributed by atoms with van der Waals surface area (Å²) in [6, 6.07) is 12.6. The lowest BCUT2D eigenvalue weighted by Crippen LogP contribution is -2.29. The van der Waals surface area contributed by atoms with Crippen molar-refractivity contribution in [2.24, 2.45) is 0 Å². The van der Waals surface area contributed by atoms with Gasteiger partial charge < -0.3 is 9.47 Å². The maximum absolute atomic E-state index is 13.4. The van der Waals surface area contributed by atoms with Crippen LogP contribution >= 0.6 is 48.0 Å². The van der Waals surface area contributed by atoms with Gasteiger partial charge in [0, 0.05) is 0 Å². The molecule has 2 saturated heterocycles. The van der Waals surface area contributed by atoms with Crippen molar-refractivity contribution in [2.45, 2.75) is 39.9 Å². The highest BCUT2D eigenvalue weighted by Gasteiger charge is 2.43. The Morgan fingerprint density at radius 2 is 0.974 bits per heavy atom. The number of anilines is 2. The molecule has 0 atom stereocenters. The summed E-state index contributed by atoms with van der Waals surface area (Å²) in [7, 11) is 0. The molecule has 8 nitrogen and oxygen atoms in total. The molecule has 196 valence electrons. The monoisotopic (exact) mass is 586 g/mol. The van der Waals surface area contributed by atoms with Crippen LogP contribution in [0.1, 0.15) is 48.4 Å². The predicted octanol–water partition coefficient (Wildman–Crippen LogP) is 5.46. The quantitative estimate of drug-likeness (QED) is 0.247. The topological polar surface area (TPSA) is 93.2 Å². The molecule has 2 aromatic carbocycles. The number of thiocarbonyl (C=S) groups is 2. The minimum Gasteiger partial charge on any atom is -0.459 e. The van der Waals surface area contributed by atoms with Gasteiger partial charge in [0.15, 0.2) is 8.64 Å². The van der Waals surface area contributed by atoms with Crippen molar-refractivity contribution in [2.75, 3.05) is 9.80 Å². The number of benzene rings is 2. The van der Waals surface area contributed by atoms with E-state index < -0.39 is 23.8 Å². The first-order chi connectivity index (χ1) is 18.0. The molecule has 0 N–H and O–H groups in total. The summed E-state index contributed by atoms with van der Waals surface area (Å²) in [5.74, 6) is -1.84. The Morgan fingerprint density at radius 1 is 0.658 bits per heavy atom. The molecule has 38 heavy (non-hydrogen) atoms. The van der Waals surface area contributed by atoms with Crippen LogP contribution in [-0.4, -0.2) is 44.6 Å². The molecule has 2 heterocycles. The zero-order valence-corrected chi connectivity index (χ0v) is 24.0. The minimum absolute atomic E-state index is 0.176. The van der Waals surface area contributed by atoms with Gasteiger partial charge in [0.05, 0.1) is 44.5 Å². The third kappa shape index (κ3) is 5.68. The second-order valence-electron chi connectivity index (χ2n) is 8.68. The summed E-state index contributed by atoms with van der Waals surface area (Å²) < 4.78 is 10.9. The molecule has 0 aromatic heterocycles. The average molecular weight is 587 g/mol. The van der Waals surface area contributed by atoms with E-state index in [1.807, 2.05) is 0 Å². The lowest BCUT2D eigenvalue weighted by atomic mass is 10.2. The third-order valence-corrected chi connectivity index (χ3v) is 8.03. The van der Waals surface area contributed by atoms with Crippen LogP contribution in [-0.2, 0) is 19.1 Å². The minimum atomic E-state index is -0.467. The van der Waals surface area contributed by atoms with E-state index in [1.54, 1.807) is 76.2 Å². The van der Waals surface area contributed by atoms with Crippen LogP contribution < -0.4 is 9.80 Å². The van der Waals surface area contributed by atoms with E-state index in [9.17, 15) is 19.2 Å². The summed E-state index contributed by atoms with van der Waals surface area (Å²) in [5.41, 5.74) is 1.61. The Labute approximate surface area is 238 Å². The standard InChI is InChI=1S/C26H22N2O6S4/c1-13(2)33-23(31)15-5-9-17(10-6-15)27-21(29)19(37-25(27)35)20-22(30)28(26(36)38-20)18-11-7-16(8-12-18)24(32)34-14(3)4/h5-14H,1-4H3. The summed E-state index contributed by atoms with van der Waals surface area (Å²) in [5, 5.41) is 0. The van der Waals surface area contributed by atoms with Crippen molar-refractivity contribution in [3.8, 4) is 0 Å². The van der Waals surface area contributed by atoms with Gasteiger partial charge in [-0.3, -0.25) is 19.4 Å². The van der Waals surface area contributed by atoms with Gasteiger partial charge in [-0.25, -0.2) is 9.59 Å². The van der Waals surface area contributed by atoms with Gasteiger partial charge >= 0.3 is 11.9 Å². The Hall–Kier alpha value is -3.06. The SMILES string of the molecule is CC(C)OC(=O)c1ccc(N2C(=O)C(=C3SC(=S)N(c4ccc(C(=O)OC(C)C)cc4)C3=O)SC2=S)cc1. The Morgan fingerprint density at radius 3 is 1.26 bits per heavy atom. The molecular weight excluding hydrogens is 565 g/mol. The van der Waals surface area contributed by atoms with Crippen molar-refractivity contribution in [1.29, 1.82) is 0 Å². The number of nitrogens with zero attached hydrogens (tertiary/aromatic N) is 2. The number of amides is 2. The fourth-order valence-corrected chi connectivity index (χ4v) is 6.26. The van der Waals surface area contributed by atoms with Crippen LogP contribution in [0.4, 0.5) is 11.4 Å². The van der Waals surface area contributed by atoms with Crippen molar-refractivity contribution in [3.05, 3.63) is 69.5 Å². The number of hydrogen-bond acceptors (Lipinski definition) is 10. The fourth-order valence-electron chi connectivity index (χ4n) is 3.51. The van der Waals surface area contributed by atoms with Gasteiger partial charge in [0.2, 0.25) is 0 Å². The van der Waals surface area contributed by atoms with E-state index in [4.69, 9.17) is 33.9 Å². The summed E-state index contributed by atoms with van der Waals surface area (Å²) in [4.78, 5) is 54.0. The molecule has 0 spiro atoms. The number of thioether (sulfide) groups is 2. The van der Waals surface area contributed by atoms with Gasteiger partial charge in [-0.2, -0.15) is 0 Å². The molecule has 0 unspecified atom stereocenters. The van der Waals surface area contributed by atoms with Crippen LogP contribution in [0.5, 0.6) is 0 Å². The molecule has 2 aliphatic heterocycles. The van der Waals surface area contributed by atoms with E-state index in [0.29, 0.717) is 22.5 Å². The molecule has 2 fully saturated rings. The zero-order chi connectivity index (χ0) is 27.7. The normalized spacial score (nSPS) is 17.7. The molecule has 0 saturated carbocycles. The van der Waals surface area contributed by atoms with E-state index in [1.165, 1.54) is 9.80 Å². The average Bonchev–Trinajstić information content (AvgIpc) is 3.31.